The highest BCUT2D eigenvalue weighted by Crippen LogP contribution is 2.24. The summed E-state index contributed by atoms with van der Waals surface area (Å²) in [7, 11) is 0. The summed E-state index contributed by atoms with van der Waals surface area (Å²) in [6.45, 7) is 0.179. The zero-order chi connectivity index (χ0) is 12.3. The molecule has 1 heterocycles. The minimum absolute atomic E-state index is 0.0420. The molecule has 1 N–H and O–H groups in total. The molecule has 0 aliphatic rings. The number of aromatic nitrogens is 2. The van der Waals surface area contributed by atoms with Gasteiger partial charge in [0.2, 0.25) is 5.88 Å². The molecule has 0 saturated heterocycles. The van der Waals surface area contributed by atoms with Gasteiger partial charge in [-0.15, -0.1) is 5.10 Å². The van der Waals surface area contributed by atoms with Crippen molar-refractivity contribution in [2.45, 2.75) is 0 Å². The smallest absolute Gasteiger partial charge is 0.233 e. The van der Waals surface area contributed by atoms with Crippen LogP contribution >= 0.6 is 23.2 Å². The quantitative estimate of drug-likeness (QED) is 0.931. The molecule has 4 nitrogen and oxygen atoms in total. The summed E-state index contributed by atoms with van der Waals surface area (Å²) in [4.78, 5) is 0. The van der Waals surface area contributed by atoms with Gasteiger partial charge in [-0.1, -0.05) is 23.2 Å². The van der Waals surface area contributed by atoms with Crippen molar-refractivity contribution in [2.24, 2.45) is 0 Å². The van der Waals surface area contributed by atoms with Crippen molar-refractivity contribution in [1.82, 2.24) is 9.78 Å². The highest BCUT2D eigenvalue weighted by atomic mass is 35.5. The number of rotatable bonds is 4. The number of halogens is 2. The van der Waals surface area contributed by atoms with E-state index in [9.17, 15) is 0 Å². The number of hydrogen-bond acceptors (Lipinski definition) is 3. The van der Waals surface area contributed by atoms with Gasteiger partial charge in [-0.05, 0) is 18.2 Å². The second-order valence-electron chi connectivity index (χ2n) is 3.27. The van der Waals surface area contributed by atoms with Gasteiger partial charge >= 0.3 is 0 Å². The number of benzene rings is 1. The van der Waals surface area contributed by atoms with Gasteiger partial charge in [-0.25, -0.2) is 4.68 Å². The Balaban J connectivity index is 2.21. The zero-order valence-electron chi connectivity index (χ0n) is 8.81. The molecule has 2 aromatic rings. The van der Waals surface area contributed by atoms with E-state index in [0.717, 1.165) is 5.69 Å². The van der Waals surface area contributed by atoms with E-state index in [1.807, 2.05) is 0 Å². The molecule has 0 atom stereocenters. The minimum atomic E-state index is -0.0420. The molecule has 0 radical (unpaired) electrons. The lowest BCUT2D eigenvalue weighted by atomic mass is 10.3. The molecule has 0 saturated carbocycles. The van der Waals surface area contributed by atoms with E-state index >= 15 is 0 Å². The lowest BCUT2D eigenvalue weighted by Crippen LogP contribution is -2.03. The molecular formula is C11H10Cl2N2O2. The van der Waals surface area contributed by atoms with Crippen LogP contribution in [0.1, 0.15) is 0 Å². The molecule has 1 aromatic carbocycles. The van der Waals surface area contributed by atoms with Gasteiger partial charge in [-0.2, -0.15) is 0 Å². The Kier molecular flexibility index (Phi) is 3.89. The largest absolute Gasteiger partial charge is 0.474 e. The van der Waals surface area contributed by atoms with Gasteiger partial charge in [0.1, 0.15) is 6.61 Å². The lowest BCUT2D eigenvalue weighted by molar-refractivity contribution is 0.196. The summed E-state index contributed by atoms with van der Waals surface area (Å²) < 4.78 is 6.79. The van der Waals surface area contributed by atoms with Crippen LogP contribution in [-0.4, -0.2) is 28.1 Å². The molecule has 17 heavy (non-hydrogen) atoms. The summed E-state index contributed by atoms with van der Waals surface area (Å²) in [5, 5.41) is 13.8. The third-order valence-electron chi connectivity index (χ3n) is 2.07. The van der Waals surface area contributed by atoms with Crippen LogP contribution in [0, 0.1) is 0 Å². The number of aliphatic hydroxyl groups excluding tert-OH is 1. The zero-order valence-corrected chi connectivity index (χ0v) is 10.3. The van der Waals surface area contributed by atoms with Crippen molar-refractivity contribution in [3.05, 3.63) is 40.5 Å². The molecular weight excluding hydrogens is 263 g/mol. The Hall–Kier alpha value is -1.23. The Labute approximate surface area is 108 Å². The molecule has 0 unspecified atom stereocenters. The Bertz CT molecular complexity index is 514. The van der Waals surface area contributed by atoms with Crippen LogP contribution in [0.15, 0.2) is 30.5 Å². The molecule has 0 amide bonds. The normalized spacial score (nSPS) is 10.5. The van der Waals surface area contributed by atoms with Crippen LogP contribution in [0.2, 0.25) is 10.0 Å². The molecule has 0 fully saturated rings. The summed E-state index contributed by atoms with van der Waals surface area (Å²) >= 11 is 11.7. The van der Waals surface area contributed by atoms with E-state index < -0.39 is 0 Å². The van der Waals surface area contributed by atoms with Crippen molar-refractivity contribution in [2.75, 3.05) is 13.2 Å². The summed E-state index contributed by atoms with van der Waals surface area (Å²) in [6.07, 6.45) is 1.74. The Morgan fingerprint density at radius 2 is 2.06 bits per heavy atom. The number of ether oxygens (including phenoxy) is 1. The number of aliphatic hydroxyl groups is 1. The number of hydrogen-bond donors (Lipinski definition) is 1. The molecule has 0 aliphatic carbocycles. The van der Waals surface area contributed by atoms with Crippen LogP contribution in [-0.2, 0) is 0 Å². The van der Waals surface area contributed by atoms with Crippen molar-refractivity contribution in [3.63, 3.8) is 0 Å². The average molecular weight is 273 g/mol. The van der Waals surface area contributed by atoms with Gasteiger partial charge in [-0.3, -0.25) is 0 Å². The first kappa shape index (κ1) is 12.2. The van der Waals surface area contributed by atoms with Crippen molar-refractivity contribution in [1.29, 1.82) is 0 Å². The maximum atomic E-state index is 8.63. The first-order valence-corrected chi connectivity index (χ1v) is 5.71. The van der Waals surface area contributed by atoms with Crippen LogP contribution in [0.5, 0.6) is 5.88 Å². The maximum Gasteiger partial charge on any atom is 0.233 e. The minimum Gasteiger partial charge on any atom is -0.474 e. The van der Waals surface area contributed by atoms with Crippen LogP contribution in [0.3, 0.4) is 0 Å². The highest BCUT2D eigenvalue weighted by Gasteiger charge is 2.04. The van der Waals surface area contributed by atoms with Crippen LogP contribution in [0.4, 0.5) is 0 Å². The van der Waals surface area contributed by atoms with E-state index in [2.05, 4.69) is 5.10 Å². The highest BCUT2D eigenvalue weighted by molar-refractivity contribution is 6.42. The summed E-state index contributed by atoms with van der Waals surface area (Å²) in [5.74, 6) is 0.449. The van der Waals surface area contributed by atoms with E-state index in [0.29, 0.717) is 15.9 Å². The average Bonchev–Trinajstić information content (AvgIpc) is 2.79. The second-order valence-corrected chi connectivity index (χ2v) is 4.08. The van der Waals surface area contributed by atoms with E-state index in [1.54, 1.807) is 35.1 Å². The first-order chi connectivity index (χ1) is 8.20. The molecule has 2 rings (SSSR count). The van der Waals surface area contributed by atoms with Gasteiger partial charge in [0.25, 0.3) is 0 Å². The van der Waals surface area contributed by atoms with Crippen molar-refractivity contribution < 1.29 is 9.84 Å². The van der Waals surface area contributed by atoms with Gasteiger partial charge in [0, 0.05) is 12.3 Å². The molecule has 0 aliphatic heterocycles. The predicted molar refractivity (Wildman–Crippen MR) is 66.2 cm³/mol. The van der Waals surface area contributed by atoms with Crippen molar-refractivity contribution >= 4 is 23.2 Å². The SMILES string of the molecule is OCCOc1ccn(-c2ccc(Cl)c(Cl)c2)n1. The van der Waals surface area contributed by atoms with Crippen molar-refractivity contribution in [3.8, 4) is 11.6 Å². The molecule has 90 valence electrons. The summed E-state index contributed by atoms with van der Waals surface area (Å²) in [6, 6.07) is 6.93. The third kappa shape index (κ3) is 2.91. The molecule has 0 spiro atoms. The maximum absolute atomic E-state index is 8.63. The number of nitrogens with zero attached hydrogens (tertiary/aromatic N) is 2. The predicted octanol–water partition coefficient (Wildman–Crippen LogP) is 2.55. The summed E-state index contributed by atoms with van der Waals surface area (Å²) in [5.41, 5.74) is 0.790. The fourth-order valence-electron chi connectivity index (χ4n) is 1.31. The lowest BCUT2D eigenvalue weighted by Gasteiger charge is -2.03. The van der Waals surface area contributed by atoms with E-state index in [1.165, 1.54) is 0 Å². The second kappa shape index (κ2) is 5.40. The van der Waals surface area contributed by atoms with Gasteiger partial charge in [0.15, 0.2) is 0 Å². The fourth-order valence-corrected chi connectivity index (χ4v) is 1.60. The first-order valence-electron chi connectivity index (χ1n) is 4.95. The topological polar surface area (TPSA) is 47.3 Å². The van der Waals surface area contributed by atoms with Gasteiger partial charge in [0.05, 0.1) is 22.3 Å². The van der Waals surface area contributed by atoms with Crippen LogP contribution in [0.25, 0.3) is 5.69 Å². The van der Waals surface area contributed by atoms with Gasteiger partial charge < -0.3 is 9.84 Å². The fraction of sp³-hybridized carbons (Fsp3) is 0.182. The molecule has 1 aromatic heterocycles. The molecule has 6 heteroatoms. The third-order valence-corrected chi connectivity index (χ3v) is 2.81. The Morgan fingerprint density at radius 1 is 1.24 bits per heavy atom. The monoisotopic (exact) mass is 272 g/mol. The molecule has 0 bridgehead atoms. The van der Waals surface area contributed by atoms with E-state index in [4.69, 9.17) is 33.0 Å². The van der Waals surface area contributed by atoms with E-state index in [-0.39, 0.29) is 13.2 Å². The van der Waals surface area contributed by atoms with Crippen LogP contribution < -0.4 is 4.74 Å². The standard InChI is InChI=1S/C11H10Cl2N2O2/c12-9-2-1-8(7-10(9)13)15-4-3-11(14-15)17-6-5-16/h1-4,7,16H,5-6H2. The Morgan fingerprint density at radius 3 is 2.76 bits per heavy atom.